The highest BCUT2D eigenvalue weighted by atomic mass is 16.1. The Kier molecular flexibility index (Phi) is 3.84. The maximum Gasteiger partial charge on any atom is 0.181 e. The highest BCUT2D eigenvalue weighted by molar-refractivity contribution is 5.94. The lowest BCUT2D eigenvalue weighted by Gasteiger charge is -2.21. The van der Waals surface area contributed by atoms with Crippen LogP contribution in [0.4, 0.5) is 0 Å². The molecule has 0 bridgehead atoms. The molecule has 0 aliphatic carbocycles. The summed E-state index contributed by atoms with van der Waals surface area (Å²) in [5, 5.41) is 0. The topological polar surface area (TPSA) is 30.0 Å². The van der Waals surface area contributed by atoms with E-state index in [9.17, 15) is 4.79 Å². The Morgan fingerprint density at radius 2 is 2.00 bits per heavy atom. The zero-order valence-electron chi connectivity index (χ0n) is 10.9. The SMILES string of the molecule is CCCC(=O)c1cc(C)c(C(C)(C)C)cn1. The van der Waals surface area contributed by atoms with Gasteiger partial charge in [-0.05, 0) is 36.0 Å². The van der Waals surface area contributed by atoms with Crippen LogP contribution >= 0.6 is 0 Å². The van der Waals surface area contributed by atoms with Crippen LogP contribution in [0.3, 0.4) is 0 Å². The van der Waals surface area contributed by atoms with Crippen molar-refractivity contribution < 1.29 is 4.79 Å². The molecule has 2 nitrogen and oxygen atoms in total. The van der Waals surface area contributed by atoms with Crippen LogP contribution in [0, 0.1) is 6.92 Å². The fourth-order valence-electron chi connectivity index (χ4n) is 1.85. The van der Waals surface area contributed by atoms with Crippen molar-refractivity contribution in [2.75, 3.05) is 0 Å². The molecule has 0 spiro atoms. The van der Waals surface area contributed by atoms with Crippen molar-refractivity contribution in [1.29, 1.82) is 0 Å². The van der Waals surface area contributed by atoms with Crippen LogP contribution in [0.1, 0.15) is 62.2 Å². The first kappa shape index (κ1) is 12.9. The lowest BCUT2D eigenvalue weighted by Crippen LogP contribution is -2.15. The zero-order chi connectivity index (χ0) is 12.3. The molecule has 0 unspecified atom stereocenters. The molecular formula is C14H21NO. The Hall–Kier alpha value is -1.18. The Morgan fingerprint density at radius 1 is 1.38 bits per heavy atom. The Morgan fingerprint density at radius 3 is 2.44 bits per heavy atom. The molecule has 1 rings (SSSR count). The molecule has 0 saturated heterocycles. The number of ketones is 1. The summed E-state index contributed by atoms with van der Waals surface area (Å²) in [7, 11) is 0. The number of pyridine rings is 1. The lowest BCUT2D eigenvalue weighted by atomic mass is 9.85. The van der Waals surface area contributed by atoms with Gasteiger partial charge in [-0.15, -0.1) is 0 Å². The van der Waals surface area contributed by atoms with Gasteiger partial charge in [-0.3, -0.25) is 9.78 Å². The summed E-state index contributed by atoms with van der Waals surface area (Å²) in [4.78, 5) is 16.0. The predicted octanol–water partition coefficient (Wildman–Crippen LogP) is 3.67. The summed E-state index contributed by atoms with van der Waals surface area (Å²) in [6.45, 7) is 10.5. The van der Waals surface area contributed by atoms with E-state index in [2.05, 4.69) is 25.8 Å². The van der Waals surface area contributed by atoms with E-state index in [1.165, 1.54) is 5.56 Å². The number of Topliss-reactive ketones (excluding diaryl/α,β-unsaturated/α-hetero) is 1. The van der Waals surface area contributed by atoms with E-state index >= 15 is 0 Å². The molecule has 0 aliphatic rings. The summed E-state index contributed by atoms with van der Waals surface area (Å²) in [6, 6.07) is 1.92. The lowest BCUT2D eigenvalue weighted by molar-refractivity contribution is 0.0976. The summed E-state index contributed by atoms with van der Waals surface area (Å²) >= 11 is 0. The fraction of sp³-hybridized carbons (Fsp3) is 0.571. The van der Waals surface area contributed by atoms with Crippen LogP contribution in [0.25, 0.3) is 0 Å². The van der Waals surface area contributed by atoms with E-state index in [1.54, 1.807) is 0 Å². The van der Waals surface area contributed by atoms with Crippen LogP contribution in [-0.2, 0) is 5.41 Å². The second-order valence-corrected chi connectivity index (χ2v) is 5.31. The molecule has 16 heavy (non-hydrogen) atoms. The van der Waals surface area contributed by atoms with E-state index in [1.807, 2.05) is 26.1 Å². The average Bonchev–Trinajstić information content (AvgIpc) is 2.16. The van der Waals surface area contributed by atoms with Crippen molar-refractivity contribution >= 4 is 5.78 Å². The number of aromatic nitrogens is 1. The van der Waals surface area contributed by atoms with Crippen molar-refractivity contribution in [3.8, 4) is 0 Å². The number of aryl methyl sites for hydroxylation is 1. The van der Waals surface area contributed by atoms with Crippen molar-refractivity contribution in [3.63, 3.8) is 0 Å². The van der Waals surface area contributed by atoms with Gasteiger partial charge in [0.1, 0.15) is 5.69 Å². The Bertz CT molecular complexity index is 388. The Labute approximate surface area is 98.1 Å². The number of hydrogen-bond acceptors (Lipinski definition) is 2. The molecule has 0 fully saturated rings. The summed E-state index contributed by atoms with van der Waals surface area (Å²) in [6.07, 6.45) is 3.31. The van der Waals surface area contributed by atoms with Gasteiger partial charge in [-0.25, -0.2) is 0 Å². The number of carbonyl (C=O) groups excluding carboxylic acids is 1. The van der Waals surface area contributed by atoms with Gasteiger partial charge in [0.15, 0.2) is 5.78 Å². The van der Waals surface area contributed by atoms with Crippen molar-refractivity contribution in [2.24, 2.45) is 0 Å². The highest BCUT2D eigenvalue weighted by Gasteiger charge is 2.18. The predicted molar refractivity (Wildman–Crippen MR) is 66.9 cm³/mol. The van der Waals surface area contributed by atoms with Gasteiger partial charge in [0, 0.05) is 12.6 Å². The van der Waals surface area contributed by atoms with E-state index in [0.29, 0.717) is 12.1 Å². The number of carbonyl (C=O) groups is 1. The van der Waals surface area contributed by atoms with Crippen molar-refractivity contribution in [3.05, 3.63) is 29.1 Å². The quantitative estimate of drug-likeness (QED) is 0.726. The van der Waals surface area contributed by atoms with Crippen LogP contribution in [-0.4, -0.2) is 10.8 Å². The standard InChI is InChI=1S/C14H21NO/c1-6-7-13(16)12-8-10(2)11(9-15-12)14(3,4)5/h8-9H,6-7H2,1-5H3. The monoisotopic (exact) mass is 219 g/mol. The van der Waals surface area contributed by atoms with Gasteiger partial charge >= 0.3 is 0 Å². The third-order valence-electron chi connectivity index (χ3n) is 2.68. The molecule has 0 aromatic carbocycles. The minimum atomic E-state index is 0.0867. The number of rotatable bonds is 3. The van der Waals surface area contributed by atoms with Crippen molar-refractivity contribution in [2.45, 2.75) is 52.9 Å². The maximum atomic E-state index is 11.7. The van der Waals surface area contributed by atoms with Gasteiger partial charge in [-0.2, -0.15) is 0 Å². The van der Waals surface area contributed by atoms with Crippen LogP contribution in [0.15, 0.2) is 12.3 Å². The van der Waals surface area contributed by atoms with E-state index < -0.39 is 0 Å². The number of hydrogen-bond donors (Lipinski definition) is 0. The van der Waals surface area contributed by atoms with Crippen LogP contribution in [0.2, 0.25) is 0 Å². The van der Waals surface area contributed by atoms with Crippen LogP contribution < -0.4 is 0 Å². The normalized spacial score (nSPS) is 11.6. The zero-order valence-corrected chi connectivity index (χ0v) is 10.9. The molecule has 0 atom stereocenters. The second-order valence-electron chi connectivity index (χ2n) is 5.31. The molecule has 0 amide bonds. The molecule has 2 heteroatoms. The van der Waals surface area contributed by atoms with E-state index in [0.717, 1.165) is 12.0 Å². The van der Waals surface area contributed by atoms with Gasteiger partial charge in [0.25, 0.3) is 0 Å². The molecule has 1 aromatic rings. The molecule has 1 aromatic heterocycles. The highest BCUT2D eigenvalue weighted by Crippen LogP contribution is 2.25. The number of nitrogens with zero attached hydrogens (tertiary/aromatic N) is 1. The third kappa shape index (κ3) is 2.91. The van der Waals surface area contributed by atoms with Gasteiger partial charge in [0.2, 0.25) is 0 Å². The minimum Gasteiger partial charge on any atom is -0.292 e. The summed E-state index contributed by atoms with van der Waals surface area (Å²) < 4.78 is 0. The van der Waals surface area contributed by atoms with Gasteiger partial charge in [0.05, 0.1) is 0 Å². The first-order valence-corrected chi connectivity index (χ1v) is 5.86. The fourth-order valence-corrected chi connectivity index (χ4v) is 1.85. The van der Waals surface area contributed by atoms with Crippen LogP contribution in [0.5, 0.6) is 0 Å². The van der Waals surface area contributed by atoms with Gasteiger partial charge < -0.3 is 0 Å². The molecule has 0 radical (unpaired) electrons. The smallest absolute Gasteiger partial charge is 0.181 e. The minimum absolute atomic E-state index is 0.0867. The van der Waals surface area contributed by atoms with Crippen molar-refractivity contribution in [1.82, 2.24) is 4.98 Å². The molecule has 1 heterocycles. The Balaban J connectivity index is 3.05. The maximum absolute atomic E-state index is 11.7. The first-order chi connectivity index (χ1) is 7.36. The summed E-state index contributed by atoms with van der Waals surface area (Å²) in [5.74, 6) is 0.144. The third-order valence-corrected chi connectivity index (χ3v) is 2.68. The molecule has 0 N–H and O–H groups in total. The van der Waals surface area contributed by atoms with Gasteiger partial charge in [-0.1, -0.05) is 27.7 Å². The van der Waals surface area contributed by atoms with E-state index in [-0.39, 0.29) is 11.2 Å². The largest absolute Gasteiger partial charge is 0.292 e. The molecule has 0 aliphatic heterocycles. The molecule has 88 valence electrons. The molecular weight excluding hydrogens is 198 g/mol. The average molecular weight is 219 g/mol. The first-order valence-electron chi connectivity index (χ1n) is 5.86. The second kappa shape index (κ2) is 4.77. The molecule has 0 saturated carbocycles. The summed E-state index contributed by atoms with van der Waals surface area (Å²) in [5.41, 5.74) is 3.05. The van der Waals surface area contributed by atoms with E-state index in [4.69, 9.17) is 0 Å².